The maximum atomic E-state index is 12.6. The van der Waals surface area contributed by atoms with Gasteiger partial charge in [0.25, 0.3) is 0 Å². The molecule has 0 heterocycles. The summed E-state index contributed by atoms with van der Waals surface area (Å²) in [6, 6.07) is 20.4. The summed E-state index contributed by atoms with van der Waals surface area (Å²) in [5, 5.41) is 5.32. The van der Waals surface area contributed by atoms with Crippen molar-refractivity contribution in [1.82, 2.24) is 9.80 Å². The first-order valence-electron chi connectivity index (χ1n) is 10.1. The van der Waals surface area contributed by atoms with Crippen molar-refractivity contribution in [3.05, 3.63) is 77.4 Å². The van der Waals surface area contributed by atoms with Gasteiger partial charge in [0.1, 0.15) is 0 Å². The van der Waals surface area contributed by atoms with Gasteiger partial charge in [0.2, 0.25) is 11.8 Å². The van der Waals surface area contributed by atoms with E-state index in [1.165, 1.54) is 15.7 Å². The molecule has 0 radical (unpaired) electrons. The van der Waals surface area contributed by atoms with Crippen molar-refractivity contribution < 1.29 is 9.59 Å². The molecule has 3 aromatic carbocycles. The van der Waals surface area contributed by atoms with Crippen LogP contribution in [0.4, 0.5) is 5.69 Å². The summed E-state index contributed by atoms with van der Waals surface area (Å²) in [7, 11) is 3.58. The third-order valence-corrected chi connectivity index (χ3v) is 5.22. The molecular weight excluding hydrogens is 374 g/mol. The van der Waals surface area contributed by atoms with Crippen LogP contribution in [0.2, 0.25) is 0 Å². The zero-order chi connectivity index (χ0) is 21.7. The number of nitrogens with zero attached hydrogens (tertiary/aromatic N) is 2. The van der Waals surface area contributed by atoms with E-state index in [4.69, 9.17) is 0 Å². The van der Waals surface area contributed by atoms with Crippen LogP contribution in [0.25, 0.3) is 10.8 Å². The summed E-state index contributed by atoms with van der Waals surface area (Å²) in [6.45, 7) is 4.86. The fourth-order valence-electron chi connectivity index (χ4n) is 3.55. The van der Waals surface area contributed by atoms with Crippen LogP contribution in [-0.4, -0.2) is 48.8 Å². The van der Waals surface area contributed by atoms with Crippen LogP contribution in [0.3, 0.4) is 0 Å². The molecule has 0 aliphatic heterocycles. The Labute approximate surface area is 178 Å². The first kappa shape index (κ1) is 21.5. The predicted octanol–water partition coefficient (Wildman–Crippen LogP) is 3.99. The Kier molecular flexibility index (Phi) is 6.85. The normalized spacial score (nSPS) is 11.0. The summed E-state index contributed by atoms with van der Waals surface area (Å²) in [6.07, 6.45) is 0. The van der Waals surface area contributed by atoms with E-state index in [2.05, 4.69) is 35.6 Å². The van der Waals surface area contributed by atoms with E-state index in [1.54, 1.807) is 7.05 Å². The maximum Gasteiger partial charge on any atom is 0.243 e. The van der Waals surface area contributed by atoms with E-state index in [-0.39, 0.29) is 24.9 Å². The molecule has 0 aliphatic rings. The van der Waals surface area contributed by atoms with Crippen LogP contribution in [-0.2, 0) is 16.1 Å². The van der Waals surface area contributed by atoms with E-state index in [0.717, 1.165) is 22.4 Å². The summed E-state index contributed by atoms with van der Waals surface area (Å²) in [5.41, 5.74) is 3.98. The maximum absolute atomic E-state index is 12.6. The number of likely N-dealkylation sites (N-methyl/N-ethyl adjacent to an activating group) is 2. The van der Waals surface area contributed by atoms with Crippen LogP contribution in [0.5, 0.6) is 0 Å². The highest BCUT2D eigenvalue weighted by molar-refractivity contribution is 5.95. The summed E-state index contributed by atoms with van der Waals surface area (Å²) < 4.78 is 0. The number of amides is 2. The number of hydrogen-bond acceptors (Lipinski definition) is 3. The molecule has 0 aliphatic carbocycles. The predicted molar refractivity (Wildman–Crippen MR) is 122 cm³/mol. The zero-order valence-corrected chi connectivity index (χ0v) is 18.1. The van der Waals surface area contributed by atoms with Gasteiger partial charge in [-0.25, -0.2) is 0 Å². The number of rotatable bonds is 7. The molecule has 3 aromatic rings. The third-order valence-electron chi connectivity index (χ3n) is 5.22. The van der Waals surface area contributed by atoms with Gasteiger partial charge in [-0.1, -0.05) is 54.6 Å². The number of fused-ring (bicyclic) bond motifs is 1. The van der Waals surface area contributed by atoms with Crippen molar-refractivity contribution in [1.29, 1.82) is 0 Å². The van der Waals surface area contributed by atoms with E-state index >= 15 is 0 Å². The van der Waals surface area contributed by atoms with E-state index < -0.39 is 0 Å². The quantitative estimate of drug-likeness (QED) is 0.649. The number of hydrogen-bond donors (Lipinski definition) is 1. The average molecular weight is 404 g/mol. The van der Waals surface area contributed by atoms with Gasteiger partial charge in [-0.15, -0.1) is 0 Å². The highest BCUT2D eigenvalue weighted by Gasteiger charge is 2.16. The fraction of sp³-hybridized carbons (Fsp3) is 0.280. The monoisotopic (exact) mass is 403 g/mol. The third kappa shape index (κ3) is 5.45. The fourth-order valence-corrected chi connectivity index (χ4v) is 3.55. The number of aryl methyl sites for hydroxylation is 2. The second kappa shape index (κ2) is 9.55. The van der Waals surface area contributed by atoms with Gasteiger partial charge in [0.15, 0.2) is 0 Å². The minimum absolute atomic E-state index is 0.0242. The van der Waals surface area contributed by atoms with Crippen molar-refractivity contribution in [2.45, 2.75) is 20.4 Å². The molecule has 156 valence electrons. The first-order valence-corrected chi connectivity index (χ1v) is 10.1. The minimum Gasteiger partial charge on any atom is -0.335 e. The molecule has 1 N–H and O–H groups in total. The molecule has 3 rings (SSSR count). The highest BCUT2D eigenvalue weighted by Crippen LogP contribution is 2.19. The summed E-state index contributed by atoms with van der Waals surface area (Å²) >= 11 is 0. The number of para-hydroxylation sites is 1. The summed E-state index contributed by atoms with van der Waals surface area (Å²) in [5.74, 6) is -0.282. The zero-order valence-electron chi connectivity index (χ0n) is 18.1. The largest absolute Gasteiger partial charge is 0.335 e. The Morgan fingerprint density at radius 1 is 0.833 bits per heavy atom. The standard InChI is InChI=1S/C25H29N3O2/c1-18-8-7-9-19(2)25(18)26-23(29)16-28(4)24(30)17-27(3)15-20-12-13-21-10-5-6-11-22(21)14-20/h5-14H,15-17H2,1-4H3,(H,26,29). The SMILES string of the molecule is Cc1cccc(C)c1NC(=O)CN(C)C(=O)CN(C)Cc1ccc2ccccc2c1. The highest BCUT2D eigenvalue weighted by atomic mass is 16.2. The average Bonchev–Trinajstić information content (AvgIpc) is 2.70. The van der Waals surface area contributed by atoms with Crippen LogP contribution >= 0.6 is 0 Å². The molecule has 30 heavy (non-hydrogen) atoms. The first-order chi connectivity index (χ1) is 14.3. The van der Waals surface area contributed by atoms with Crippen LogP contribution in [0.1, 0.15) is 16.7 Å². The van der Waals surface area contributed by atoms with E-state index in [0.29, 0.717) is 6.54 Å². The number of benzene rings is 3. The Balaban J connectivity index is 1.53. The van der Waals surface area contributed by atoms with Gasteiger partial charge in [-0.3, -0.25) is 14.5 Å². The second-order valence-corrected chi connectivity index (χ2v) is 7.92. The molecule has 0 saturated carbocycles. The van der Waals surface area contributed by atoms with Gasteiger partial charge in [-0.2, -0.15) is 0 Å². The Hall–Kier alpha value is -3.18. The lowest BCUT2D eigenvalue weighted by Gasteiger charge is -2.22. The lowest BCUT2D eigenvalue weighted by Crippen LogP contribution is -2.40. The molecule has 0 fully saturated rings. The molecule has 0 spiro atoms. The van der Waals surface area contributed by atoms with Crippen LogP contribution < -0.4 is 5.32 Å². The Morgan fingerprint density at radius 2 is 1.50 bits per heavy atom. The number of carbonyl (C=O) groups excluding carboxylic acids is 2. The van der Waals surface area contributed by atoms with Gasteiger partial charge in [0, 0.05) is 19.3 Å². The minimum atomic E-state index is -0.194. The second-order valence-electron chi connectivity index (χ2n) is 7.92. The van der Waals surface area contributed by atoms with E-state index in [1.807, 2.05) is 56.1 Å². The molecule has 0 atom stereocenters. The van der Waals surface area contributed by atoms with Gasteiger partial charge >= 0.3 is 0 Å². The van der Waals surface area contributed by atoms with Crippen molar-refractivity contribution in [2.75, 3.05) is 32.5 Å². The molecule has 2 amide bonds. The molecule has 0 saturated heterocycles. The molecule has 0 bridgehead atoms. The van der Waals surface area contributed by atoms with Gasteiger partial charge in [0.05, 0.1) is 13.1 Å². The smallest absolute Gasteiger partial charge is 0.243 e. The molecule has 0 aromatic heterocycles. The van der Waals surface area contributed by atoms with Crippen LogP contribution in [0, 0.1) is 13.8 Å². The Morgan fingerprint density at radius 3 is 2.20 bits per heavy atom. The molecule has 0 unspecified atom stereocenters. The summed E-state index contributed by atoms with van der Waals surface area (Å²) in [4.78, 5) is 28.4. The lowest BCUT2D eigenvalue weighted by atomic mass is 10.1. The molecule has 5 heteroatoms. The number of carbonyl (C=O) groups is 2. The van der Waals surface area contributed by atoms with Crippen molar-refractivity contribution >= 4 is 28.3 Å². The van der Waals surface area contributed by atoms with Gasteiger partial charge < -0.3 is 10.2 Å². The molecular formula is C25H29N3O2. The Bertz CT molecular complexity index is 1040. The van der Waals surface area contributed by atoms with Crippen molar-refractivity contribution in [3.8, 4) is 0 Å². The van der Waals surface area contributed by atoms with Crippen LogP contribution in [0.15, 0.2) is 60.7 Å². The van der Waals surface area contributed by atoms with Gasteiger partial charge in [-0.05, 0) is 54.4 Å². The number of nitrogens with one attached hydrogen (secondary N) is 1. The lowest BCUT2D eigenvalue weighted by molar-refractivity contribution is -0.134. The van der Waals surface area contributed by atoms with Crippen molar-refractivity contribution in [2.24, 2.45) is 0 Å². The topological polar surface area (TPSA) is 52.7 Å². The molecule has 5 nitrogen and oxygen atoms in total. The van der Waals surface area contributed by atoms with E-state index in [9.17, 15) is 9.59 Å². The van der Waals surface area contributed by atoms with Crippen molar-refractivity contribution in [3.63, 3.8) is 0 Å². The number of anilines is 1.